The summed E-state index contributed by atoms with van der Waals surface area (Å²) in [5.41, 5.74) is 0.868. The van der Waals surface area contributed by atoms with Gasteiger partial charge in [0.15, 0.2) is 0 Å². The Morgan fingerprint density at radius 2 is 2.14 bits per heavy atom. The van der Waals surface area contributed by atoms with Crippen molar-refractivity contribution in [3.63, 3.8) is 0 Å². The van der Waals surface area contributed by atoms with Gasteiger partial charge in [0.2, 0.25) is 5.84 Å². The maximum atomic E-state index is 5.90. The Morgan fingerprint density at radius 3 is 2.77 bits per heavy atom. The van der Waals surface area contributed by atoms with Crippen LogP contribution in [0, 0.1) is 0 Å². The molecule has 0 radical (unpaired) electrons. The molecule has 0 aliphatic rings. The van der Waals surface area contributed by atoms with Gasteiger partial charge in [-0.3, -0.25) is 0 Å². The highest BCUT2D eigenvalue weighted by atomic mass is 28.3. The molecule has 7 heteroatoms. The van der Waals surface area contributed by atoms with Crippen LogP contribution in [0.5, 0.6) is 5.75 Å². The molecule has 1 aromatic heterocycles. The molecule has 0 fully saturated rings. The molecule has 0 amide bonds. The predicted molar refractivity (Wildman–Crippen MR) is 88.9 cm³/mol. The Morgan fingerprint density at radius 1 is 1.32 bits per heavy atom. The zero-order chi connectivity index (χ0) is 16.0. The van der Waals surface area contributed by atoms with Crippen molar-refractivity contribution >= 4 is 13.9 Å². The van der Waals surface area contributed by atoms with Gasteiger partial charge in [0, 0.05) is 5.56 Å². The third kappa shape index (κ3) is 4.69. The van der Waals surface area contributed by atoms with E-state index in [0.29, 0.717) is 12.4 Å². The first-order valence-corrected chi connectivity index (χ1v) is 11.0. The highest BCUT2D eigenvalue weighted by molar-refractivity contribution is 6.76. The molecule has 118 valence electrons. The number of ether oxygens (including phenoxy) is 1. The van der Waals surface area contributed by atoms with Gasteiger partial charge in [0.1, 0.15) is 25.0 Å². The van der Waals surface area contributed by atoms with E-state index in [0.717, 1.165) is 17.5 Å². The number of rotatable bonds is 6. The Balaban J connectivity index is 2.25. The van der Waals surface area contributed by atoms with Gasteiger partial charge in [0.05, 0.1) is 14.3 Å². The van der Waals surface area contributed by atoms with Crippen LogP contribution in [-0.4, -0.2) is 41.5 Å². The van der Waals surface area contributed by atoms with Crippen LogP contribution >= 0.6 is 0 Å². The number of hydrogen-bond acceptors (Lipinski definition) is 5. The normalized spacial score (nSPS) is 12.3. The molecule has 2 aromatic rings. The summed E-state index contributed by atoms with van der Waals surface area (Å²) < 4.78 is 7.48. The van der Waals surface area contributed by atoms with Crippen LogP contribution in [-0.2, 0) is 4.84 Å². The van der Waals surface area contributed by atoms with Gasteiger partial charge in [0.25, 0.3) is 0 Å². The van der Waals surface area contributed by atoms with Crippen LogP contribution in [0.4, 0.5) is 0 Å². The fourth-order valence-electron chi connectivity index (χ4n) is 1.69. The monoisotopic (exact) mass is 318 g/mol. The Labute approximate surface area is 131 Å². The molecular formula is C15H22N4O2Si. The lowest BCUT2D eigenvalue weighted by Gasteiger charge is -2.17. The molecule has 2 rings (SSSR count). The Kier molecular flexibility index (Phi) is 5.32. The van der Waals surface area contributed by atoms with Crippen LogP contribution in [0.2, 0.25) is 19.6 Å². The molecule has 0 aliphatic carbocycles. The summed E-state index contributed by atoms with van der Waals surface area (Å²) in [5.74, 6) is 1.40. The van der Waals surface area contributed by atoms with Crippen LogP contribution in [0.3, 0.4) is 0 Å². The van der Waals surface area contributed by atoms with Gasteiger partial charge in [-0.2, -0.15) is 9.78 Å². The largest absolute Gasteiger partial charge is 0.497 e. The molecule has 0 saturated carbocycles. The van der Waals surface area contributed by atoms with Gasteiger partial charge < -0.3 is 9.57 Å². The van der Waals surface area contributed by atoms with E-state index in [1.54, 1.807) is 11.0 Å². The molecule has 0 saturated heterocycles. The first kappa shape index (κ1) is 16.2. The second-order valence-electron chi connectivity index (χ2n) is 6.05. The summed E-state index contributed by atoms with van der Waals surface area (Å²) in [6, 6.07) is 7.77. The van der Waals surface area contributed by atoms with Crippen LogP contribution < -0.4 is 4.74 Å². The number of oxime groups is 1. The van der Waals surface area contributed by atoms with Crippen molar-refractivity contribution in [2.75, 3.05) is 12.8 Å². The van der Waals surface area contributed by atoms with Gasteiger partial charge in [-0.1, -0.05) is 36.9 Å². The molecule has 0 unspecified atom stereocenters. The maximum absolute atomic E-state index is 5.90. The summed E-state index contributed by atoms with van der Waals surface area (Å²) >= 11 is 0. The highest BCUT2D eigenvalue weighted by Crippen LogP contribution is 2.16. The Bertz CT molecular complexity index is 621. The van der Waals surface area contributed by atoms with Gasteiger partial charge in [-0.25, -0.2) is 4.98 Å². The third-order valence-corrected chi connectivity index (χ3v) is 3.69. The number of hydrogen-bond donors (Lipinski definition) is 0. The smallest absolute Gasteiger partial charge is 0.201 e. The summed E-state index contributed by atoms with van der Waals surface area (Å²) in [4.78, 5) is 9.15. The van der Waals surface area contributed by atoms with Crippen LogP contribution in [0.1, 0.15) is 12.5 Å². The summed E-state index contributed by atoms with van der Waals surface area (Å²) in [6.45, 7) is 9.19. The summed E-state index contributed by atoms with van der Waals surface area (Å²) in [7, 11) is -1.26. The van der Waals surface area contributed by atoms with E-state index in [1.165, 1.54) is 6.33 Å². The van der Waals surface area contributed by atoms with E-state index in [2.05, 4.69) is 34.9 Å². The number of aromatic nitrogens is 3. The summed E-state index contributed by atoms with van der Waals surface area (Å²) in [6.07, 6.45) is 3.83. The SMILES string of the molecule is CCON=C(c1cccc(OC[Si](C)(C)C)c1)n1cncn1. The lowest BCUT2D eigenvalue weighted by Crippen LogP contribution is -2.30. The molecule has 22 heavy (non-hydrogen) atoms. The first-order valence-electron chi connectivity index (χ1n) is 7.28. The zero-order valence-electron chi connectivity index (χ0n) is 13.5. The fraction of sp³-hybridized carbons (Fsp3) is 0.400. The van der Waals surface area contributed by atoms with E-state index in [1.807, 2.05) is 31.2 Å². The minimum atomic E-state index is -1.26. The predicted octanol–water partition coefficient (Wildman–Crippen LogP) is 2.78. The molecule has 1 heterocycles. The maximum Gasteiger partial charge on any atom is 0.201 e. The lowest BCUT2D eigenvalue weighted by atomic mass is 10.2. The molecule has 6 nitrogen and oxygen atoms in total. The molecular weight excluding hydrogens is 296 g/mol. The van der Waals surface area contributed by atoms with Crippen molar-refractivity contribution in [3.8, 4) is 5.75 Å². The van der Waals surface area contributed by atoms with E-state index in [4.69, 9.17) is 9.57 Å². The fourth-order valence-corrected chi connectivity index (χ4v) is 2.29. The lowest BCUT2D eigenvalue weighted by molar-refractivity contribution is 0.157. The molecule has 0 spiro atoms. The Hall–Kier alpha value is -2.15. The van der Waals surface area contributed by atoms with Crippen molar-refractivity contribution in [3.05, 3.63) is 42.5 Å². The second kappa shape index (κ2) is 7.21. The average molecular weight is 318 g/mol. The third-order valence-electron chi connectivity index (χ3n) is 2.68. The minimum absolute atomic E-state index is 0.490. The number of benzene rings is 1. The first-order chi connectivity index (χ1) is 10.5. The van der Waals surface area contributed by atoms with Crippen molar-refractivity contribution in [1.29, 1.82) is 0 Å². The van der Waals surface area contributed by atoms with Crippen molar-refractivity contribution in [2.24, 2.45) is 5.16 Å². The van der Waals surface area contributed by atoms with E-state index in [-0.39, 0.29) is 0 Å². The zero-order valence-corrected chi connectivity index (χ0v) is 14.5. The number of nitrogens with zero attached hydrogens (tertiary/aromatic N) is 4. The molecule has 0 bridgehead atoms. The van der Waals surface area contributed by atoms with Crippen molar-refractivity contribution < 1.29 is 9.57 Å². The van der Waals surface area contributed by atoms with E-state index in [9.17, 15) is 0 Å². The minimum Gasteiger partial charge on any atom is -0.497 e. The van der Waals surface area contributed by atoms with Gasteiger partial charge >= 0.3 is 0 Å². The van der Waals surface area contributed by atoms with Gasteiger partial charge in [-0.05, 0) is 19.1 Å². The van der Waals surface area contributed by atoms with E-state index < -0.39 is 8.07 Å². The highest BCUT2D eigenvalue weighted by Gasteiger charge is 2.15. The van der Waals surface area contributed by atoms with Crippen molar-refractivity contribution in [1.82, 2.24) is 14.8 Å². The molecule has 0 aliphatic heterocycles. The second-order valence-corrected chi connectivity index (χ2v) is 11.5. The van der Waals surface area contributed by atoms with E-state index >= 15 is 0 Å². The van der Waals surface area contributed by atoms with Gasteiger partial charge in [-0.15, -0.1) is 0 Å². The van der Waals surface area contributed by atoms with Crippen LogP contribution in [0.15, 0.2) is 42.1 Å². The molecule has 0 atom stereocenters. The van der Waals surface area contributed by atoms with Crippen LogP contribution in [0.25, 0.3) is 0 Å². The topological polar surface area (TPSA) is 61.5 Å². The average Bonchev–Trinajstić information content (AvgIpc) is 2.99. The summed E-state index contributed by atoms with van der Waals surface area (Å²) in [5, 5.41) is 8.26. The van der Waals surface area contributed by atoms with Crippen molar-refractivity contribution in [2.45, 2.75) is 26.6 Å². The molecule has 0 N–H and O–H groups in total. The standard InChI is InChI=1S/C15H22N4O2Si/c1-5-21-18-15(19-11-16-10-17-19)13-7-6-8-14(9-13)20-12-22(2,3)4/h6-11H,5,12H2,1-4H3. The molecule has 1 aromatic carbocycles. The quantitative estimate of drug-likeness (QED) is 0.356.